The maximum Gasteiger partial charge on any atom is 0.433 e. The van der Waals surface area contributed by atoms with Crippen LogP contribution in [0.25, 0.3) is 0 Å². The summed E-state index contributed by atoms with van der Waals surface area (Å²) in [6.45, 7) is 1.45. The minimum Gasteiger partial charge on any atom is -0.380 e. The van der Waals surface area contributed by atoms with Crippen molar-refractivity contribution in [3.8, 4) is 0 Å². The Balaban J connectivity index is 2.05. The molecule has 1 aliphatic heterocycles. The van der Waals surface area contributed by atoms with Gasteiger partial charge in [-0.05, 0) is 25.6 Å². The molecule has 0 bridgehead atoms. The Labute approximate surface area is 122 Å². The van der Waals surface area contributed by atoms with Crippen LogP contribution in [0.5, 0.6) is 0 Å². The van der Waals surface area contributed by atoms with E-state index in [1.54, 1.807) is 25.1 Å². The lowest BCUT2D eigenvalue weighted by Gasteiger charge is -2.26. The van der Waals surface area contributed by atoms with Crippen LogP contribution in [-0.4, -0.2) is 56.3 Å². The van der Waals surface area contributed by atoms with Crippen LogP contribution in [0.15, 0.2) is 18.2 Å². The lowest BCUT2D eigenvalue weighted by molar-refractivity contribution is -0.141. The number of aromatic nitrogens is 1. The molecule has 118 valence electrons. The van der Waals surface area contributed by atoms with E-state index in [2.05, 4.69) is 9.88 Å². The molecule has 21 heavy (non-hydrogen) atoms. The van der Waals surface area contributed by atoms with Crippen LogP contribution in [0, 0.1) is 0 Å². The number of nitrogens with zero attached hydrogens (tertiary/aromatic N) is 3. The molecule has 1 aromatic rings. The van der Waals surface area contributed by atoms with Crippen molar-refractivity contribution in [3.63, 3.8) is 0 Å². The van der Waals surface area contributed by atoms with E-state index in [-0.39, 0.29) is 12.1 Å². The molecule has 0 N–H and O–H groups in total. The van der Waals surface area contributed by atoms with Crippen molar-refractivity contribution in [2.75, 3.05) is 39.2 Å². The van der Waals surface area contributed by atoms with Gasteiger partial charge in [-0.1, -0.05) is 6.07 Å². The molecule has 0 aromatic carbocycles. The van der Waals surface area contributed by atoms with Crippen LogP contribution < -0.4 is 4.90 Å². The van der Waals surface area contributed by atoms with Gasteiger partial charge in [0.25, 0.3) is 0 Å². The van der Waals surface area contributed by atoms with Crippen molar-refractivity contribution in [1.82, 2.24) is 9.88 Å². The second-order valence-electron chi connectivity index (χ2n) is 5.45. The number of pyridine rings is 1. The van der Waals surface area contributed by atoms with Crippen molar-refractivity contribution >= 4 is 5.82 Å². The number of alkyl halides is 3. The highest BCUT2D eigenvalue weighted by Gasteiger charge is 2.33. The Morgan fingerprint density at radius 3 is 2.71 bits per heavy atom. The van der Waals surface area contributed by atoms with E-state index in [0.29, 0.717) is 12.4 Å². The molecule has 2 rings (SSSR count). The number of methoxy groups -OCH3 is 1. The summed E-state index contributed by atoms with van der Waals surface area (Å²) in [5.41, 5.74) is -0.860. The highest BCUT2D eigenvalue weighted by Crippen LogP contribution is 2.29. The first-order valence-electron chi connectivity index (χ1n) is 6.79. The molecule has 0 saturated carbocycles. The summed E-state index contributed by atoms with van der Waals surface area (Å²) < 4.78 is 43.4. The van der Waals surface area contributed by atoms with Crippen LogP contribution in [0.4, 0.5) is 19.0 Å². The van der Waals surface area contributed by atoms with Crippen LogP contribution >= 0.6 is 0 Å². The molecular weight excluding hydrogens is 283 g/mol. The van der Waals surface area contributed by atoms with Crippen molar-refractivity contribution in [1.29, 1.82) is 0 Å². The maximum absolute atomic E-state index is 12.7. The summed E-state index contributed by atoms with van der Waals surface area (Å²) >= 11 is 0. The molecule has 0 amide bonds. The molecule has 1 aliphatic rings. The number of halogens is 3. The van der Waals surface area contributed by atoms with Gasteiger partial charge in [-0.3, -0.25) is 4.90 Å². The Hall–Kier alpha value is -1.34. The Kier molecular flexibility index (Phi) is 4.73. The first kappa shape index (κ1) is 16.0. The van der Waals surface area contributed by atoms with E-state index in [9.17, 15) is 13.2 Å². The molecule has 1 fully saturated rings. The van der Waals surface area contributed by atoms with E-state index in [1.807, 2.05) is 7.05 Å². The Morgan fingerprint density at radius 2 is 2.14 bits per heavy atom. The van der Waals surface area contributed by atoms with Gasteiger partial charge in [-0.25, -0.2) is 4.98 Å². The smallest absolute Gasteiger partial charge is 0.380 e. The van der Waals surface area contributed by atoms with E-state index in [1.165, 1.54) is 6.07 Å². The fraction of sp³-hybridized carbons (Fsp3) is 0.643. The Bertz CT molecular complexity index is 481. The fourth-order valence-electron chi connectivity index (χ4n) is 2.62. The van der Waals surface area contributed by atoms with Crippen LogP contribution in [-0.2, 0) is 10.9 Å². The number of ether oxygens (including phenoxy) is 1. The summed E-state index contributed by atoms with van der Waals surface area (Å²) in [7, 11) is 5.44. The fourth-order valence-corrected chi connectivity index (χ4v) is 2.62. The molecule has 0 radical (unpaired) electrons. The van der Waals surface area contributed by atoms with Crippen LogP contribution in [0.1, 0.15) is 12.1 Å². The molecule has 2 atom stereocenters. The topological polar surface area (TPSA) is 28.6 Å². The van der Waals surface area contributed by atoms with E-state index < -0.39 is 11.9 Å². The number of hydrogen-bond donors (Lipinski definition) is 0. The largest absolute Gasteiger partial charge is 0.433 e. The van der Waals surface area contributed by atoms with Gasteiger partial charge in [0.1, 0.15) is 11.5 Å². The Morgan fingerprint density at radius 1 is 1.43 bits per heavy atom. The zero-order valence-electron chi connectivity index (χ0n) is 12.4. The predicted octanol–water partition coefficient (Wildman–Crippen LogP) is 2.26. The van der Waals surface area contributed by atoms with E-state index in [0.717, 1.165) is 19.0 Å². The zero-order chi connectivity index (χ0) is 15.6. The second-order valence-corrected chi connectivity index (χ2v) is 5.45. The molecular formula is C14H20F3N3O. The SMILES string of the molecule is CO[C@H]1C[C@@H](CN(C)c2cccc(C(F)(F)F)n2)N(C)C1. The minimum atomic E-state index is -4.41. The molecule has 2 heterocycles. The maximum atomic E-state index is 12.7. The van der Waals surface area contributed by atoms with Crippen molar-refractivity contribution in [3.05, 3.63) is 23.9 Å². The van der Waals surface area contributed by atoms with Gasteiger partial charge in [-0.2, -0.15) is 13.2 Å². The lowest BCUT2D eigenvalue weighted by Crippen LogP contribution is -2.37. The molecule has 7 heteroatoms. The number of rotatable bonds is 4. The summed E-state index contributed by atoms with van der Waals surface area (Å²) in [6.07, 6.45) is -3.36. The number of hydrogen-bond acceptors (Lipinski definition) is 4. The van der Waals surface area contributed by atoms with Gasteiger partial charge in [0.15, 0.2) is 0 Å². The minimum absolute atomic E-state index is 0.183. The third-order valence-electron chi connectivity index (χ3n) is 3.88. The average molecular weight is 303 g/mol. The second kappa shape index (κ2) is 6.19. The van der Waals surface area contributed by atoms with E-state index >= 15 is 0 Å². The first-order valence-corrected chi connectivity index (χ1v) is 6.79. The summed E-state index contributed by atoms with van der Waals surface area (Å²) in [6, 6.07) is 4.21. The highest BCUT2D eigenvalue weighted by atomic mass is 19.4. The quantitative estimate of drug-likeness (QED) is 0.853. The average Bonchev–Trinajstić information content (AvgIpc) is 2.78. The normalized spacial score (nSPS) is 23.5. The monoisotopic (exact) mass is 303 g/mol. The zero-order valence-corrected chi connectivity index (χ0v) is 12.4. The number of anilines is 1. The molecule has 0 spiro atoms. The lowest BCUT2D eigenvalue weighted by atomic mass is 10.2. The van der Waals surface area contributed by atoms with Gasteiger partial charge in [0.05, 0.1) is 6.10 Å². The first-order chi connectivity index (χ1) is 9.81. The summed E-state index contributed by atoms with van der Waals surface area (Å²) in [4.78, 5) is 7.62. The van der Waals surface area contributed by atoms with Crippen molar-refractivity contribution < 1.29 is 17.9 Å². The summed E-state index contributed by atoms with van der Waals surface area (Å²) in [5.74, 6) is 0.332. The number of likely N-dealkylation sites (tertiary alicyclic amines) is 1. The van der Waals surface area contributed by atoms with Crippen LogP contribution in [0.3, 0.4) is 0 Å². The standard InChI is InChI=1S/C14H20F3N3O/c1-19-9-11(21-3)7-10(19)8-20(2)13-6-4-5-12(18-13)14(15,16)17/h4-6,10-11H,7-9H2,1-3H3/t10-,11-/m0/s1. The molecule has 4 nitrogen and oxygen atoms in total. The molecule has 1 aromatic heterocycles. The van der Waals surface area contributed by atoms with Gasteiger partial charge < -0.3 is 9.64 Å². The van der Waals surface area contributed by atoms with Crippen LogP contribution in [0.2, 0.25) is 0 Å². The van der Waals surface area contributed by atoms with Crippen molar-refractivity contribution in [2.24, 2.45) is 0 Å². The molecule has 0 unspecified atom stereocenters. The third-order valence-corrected chi connectivity index (χ3v) is 3.88. The van der Waals surface area contributed by atoms with Crippen molar-refractivity contribution in [2.45, 2.75) is 24.7 Å². The predicted molar refractivity (Wildman–Crippen MR) is 74.3 cm³/mol. The highest BCUT2D eigenvalue weighted by molar-refractivity contribution is 5.39. The number of likely N-dealkylation sites (N-methyl/N-ethyl adjacent to an activating group) is 2. The van der Waals surface area contributed by atoms with Gasteiger partial charge in [0.2, 0.25) is 0 Å². The third kappa shape index (κ3) is 3.85. The molecule has 0 aliphatic carbocycles. The van der Waals surface area contributed by atoms with Gasteiger partial charge in [-0.15, -0.1) is 0 Å². The summed E-state index contributed by atoms with van der Waals surface area (Å²) in [5, 5.41) is 0. The molecule has 1 saturated heterocycles. The van der Waals surface area contributed by atoms with Gasteiger partial charge in [0, 0.05) is 33.3 Å². The van der Waals surface area contributed by atoms with Gasteiger partial charge >= 0.3 is 6.18 Å². The van der Waals surface area contributed by atoms with E-state index in [4.69, 9.17) is 4.74 Å².